The summed E-state index contributed by atoms with van der Waals surface area (Å²) in [5.41, 5.74) is 12.2. The molecule has 0 saturated carbocycles. The number of nitriles is 1. The largest absolute Gasteiger partial charge is 0.290 e. The van der Waals surface area contributed by atoms with Crippen LogP contribution >= 0.6 is 0 Å². The van der Waals surface area contributed by atoms with Gasteiger partial charge in [-0.25, -0.2) is 10.1 Å². The molecule has 2 heterocycles. The summed E-state index contributed by atoms with van der Waals surface area (Å²) < 4.78 is 0. The molecule has 0 fully saturated rings. The first-order chi connectivity index (χ1) is 46.0. The predicted octanol–water partition coefficient (Wildman–Crippen LogP) is 18.8. The lowest BCUT2D eigenvalue weighted by Gasteiger charge is -2.31. The van der Waals surface area contributed by atoms with Crippen LogP contribution in [0.25, 0.3) is 43.4 Å². The lowest BCUT2D eigenvalue weighted by Crippen LogP contribution is -2.43. The molecule has 6 aromatic rings. The Labute approximate surface area is 567 Å². The molecule has 17 heteroatoms. The van der Waals surface area contributed by atoms with Crippen molar-refractivity contribution in [2.45, 2.75) is 135 Å². The molecule has 0 unspecified atom stereocenters. The van der Waals surface area contributed by atoms with Crippen molar-refractivity contribution in [3.8, 4) is 28.3 Å². The fourth-order valence-corrected chi connectivity index (χ4v) is 9.23. The fraction of sp³-hybridized carbons (Fsp3) is 0.304. The monoisotopic (exact) mass is 1300 g/mol. The summed E-state index contributed by atoms with van der Waals surface area (Å²) in [5, 5.41) is 27.6. The van der Waals surface area contributed by atoms with E-state index in [2.05, 4.69) is 87.9 Å². The summed E-state index contributed by atoms with van der Waals surface area (Å²) in [7, 11) is 1.78. The van der Waals surface area contributed by atoms with Crippen LogP contribution in [0.15, 0.2) is 187 Å². The standard InChI is InChI=1S/C18H14N2O4.C16H8N2.C13H8O.C12H8O2.6C3H8.2CH3NO2/c1-3-19-15(21)9-5-7-11-14-12(18(24)20(4-2)17(11)23)8-6-10(13(9)14)16(19)22;1-18-15(10-17)16-13-8-4-2-6-11(13)12-7-3-5-9-14(12)16;14-13-11-7-3-1-5-9(11)10-6-2-4-8-12(10)13;13-11-5-1-9(2-6-11)10-3-7-12(14)8-4-10;6*1-3-2;2*1-2(3)4/h5-8H,3-4H2,1-2H3;2-9H;2*1-8H;6*3H2,1-2H3;2*1H3. The van der Waals surface area contributed by atoms with Gasteiger partial charge in [-0.1, -0.05) is 243 Å². The van der Waals surface area contributed by atoms with E-state index in [9.17, 15) is 33.6 Å². The van der Waals surface area contributed by atoms with E-state index in [0.717, 1.165) is 75.3 Å². The summed E-state index contributed by atoms with van der Waals surface area (Å²) in [6.07, 6.45) is 20.6. The van der Waals surface area contributed by atoms with Gasteiger partial charge in [-0.2, -0.15) is 0 Å². The van der Waals surface area contributed by atoms with Gasteiger partial charge in [0, 0.05) is 72.7 Å². The summed E-state index contributed by atoms with van der Waals surface area (Å²) in [4.78, 5) is 106. The molecule has 4 aliphatic carbocycles. The molecular formula is C79H92N6O11. The third-order valence-electron chi connectivity index (χ3n) is 12.5. The molecule has 0 atom stereocenters. The first-order valence-corrected chi connectivity index (χ1v) is 32.4. The second-order valence-electron chi connectivity index (χ2n) is 21.4. The Kier molecular flexibility index (Phi) is 38.6. The highest BCUT2D eigenvalue weighted by Gasteiger charge is 2.39. The number of hydrogen-bond acceptors (Lipinski definition) is 12. The van der Waals surface area contributed by atoms with Gasteiger partial charge in [0.15, 0.2) is 31.4 Å². The van der Waals surface area contributed by atoms with Crippen molar-refractivity contribution in [2.75, 3.05) is 27.2 Å². The Hall–Kier alpha value is -10.9. The zero-order valence-electron chi connectivity index (χ0n) is 58.5. The number of nitro groups is 2. The van der Waals surface area contributed by atoms with Crippen LogP contribution in [0.1, 0.15) is 204 Å². The Balaban J connectivity index is 0.000000578. The molecular weight excluding hydrogens is 1210 g/mol. The number of ketones is 3. The van der Waals surface area contributed by atoms with Crippen molar-refractivity contribution in [2.24, 2.45) is 0 Å². The molecule has 4 amide bonds. The topological polar surface area (TPSA) is 240 Å². The highest BCUT2D eigenvalue weighted by atomic mass is 16.6. The molecule has 0 N–H and O–H groups in total. The molecule has 17 nitrogen and oxygen atoms in total. The molecule has 0 saturated heterocycles. The number of nitrogens with zero attached hydrogens (tertiary/aromatic N) is 6. The van der Waals surface area contributed by atoms with Crippen LogP contribution in [-0.2, 0) is 9.59 Å². The van der Waals surface area contributed by atoms with Gasteiger partial charge in [0.05, 0.1) is 12.6 Å². The van der Waals surface area contributed by atoms with Crippen LogP contribution in [0.3, 0.4) is 0 Å². The van der Waals surface area contributed by atoms with Gasteiger partial charge in [0.1, 0.15) is 0 Å². The van der Waals surface area contributed by atoms with E-state index in [1.165, 1.54) is 72.6 Å². The predicted molar refractivity (Wildman–Crippen MR) is 387 cm³/mol. The van der Waals surface area contributed by atoms with E-state index >= 15 is 0 Å². The summed E-state index contributed by atoms with van der Waals surface area (Å²) >= 11 is 0. The molecule has 12 rings (SSSR count). The Morgan fingerprint density at radius 1 is 0.385 bits per heavy atom. The number of benzene rings is 6. The molecule has 0 bridgehead atoms. The van der Waals surface area contributed by atoms with E-state index in [1.807, 2.05) is 103 Å². The lowest BCUT2D eigenvalue weighted by atomic mass is 9.86. The van der Waals surface area contributed by atoms with Crippen molar-refractivity contribution in [3.05, 3.63) is 263 Å². The van der Waals surface area contributed by atoms with Crippen LogP contribution in [0.4, 0.5) is 0 Å². The molecule has 0 radical (unpaired) electrons. The van der Waals surface area contributed by atoms with Crippen LogP contribution in [0.2, 0.25) is 0 Å². The zero-order chi connectivity index (χ0) is 72.6. The van der Waals surface area contributed by atoms with E-state index in [4.69, 9.17) is 32.1 Å². The van der Waals surface area contributed by atoms with E-state index in [1.54, 1.807) is 62.4 Å². The summed E-state index contributed by atoms with van der Waals surface area (Å²) in [6, 6.07) is 39.6. The Morgan fingerprint density at radius 2 is 0.594 bits per heavy atom. The van der Waals surface area contributed by atoms with Gasteiger partial charge in [0.2, 0.25) is 0 Å². The summed E-state index contributed by atoms with van der Waals surface area (Å²) in [6.45, 7) is 36.7. The number of allylic oxidation sites excluding steroid dienone is 11. The number of hydrogen-bond donors (Lipinski definition) is 0. The van der Waals surface area contributed by atoms with Crippen molar-refractivity contribution < 1.29 is 43.4 Å². The molecule has 6 aromatic carbocycles. The van der Waals surface area contributed by atoms with Crippen LogP contribution in [0, 0.1) is 38.1 Å². The lowest BCUT2D eigenvalue weighted by molar-refractivity contribution is -0.445. The average molecular weight is 1300 g/mol. The maximum atomic E-state index is 12.6. The van der Waals surface area contributed by atoms with Crippen LogP contribution in [-0.4, -0.2) is 87.8 Å². The normalized spacial score (nSPS) is 12.5. The highest BCUT2D eigenvalue weighted by Crippen LogP contribution is 2.45. The summed E-state index contributed by atoms with van der Waals surface area (Å²) in [5.74, 6) is -1.43. The minimum atomic E-state index is -0.500. The Morgan fingerprint density at radius 3 is 0.802 bits per heavy atom. The van der Waals surface area contributed by atoms with E-state index in [0.29, 0.717) is 33.0 Å². The second-order valence-corrected chi connectivity index (χ2v) is 21.4. The van der Waals surface area contributed by atoms with Gasteiger partial charge in [0.25, 0.3) is 29.3 Å². The molecule has 96 heavy (non-hydrogen) atoms. The van der Waals surface area contributed by atoms with Crippen molar-refractivity contribution in [1.82, 2.24) is 9.80 Å². The minimum Gasteiger partial charge on any atom is -0.290 e. The van der Waals surface area contributed by atoms with Gasteiger partial charge < -0.3 is 0 Å². The molecule has 0 spiro atoms. The van der Waals surface area contributed by atoms with Crippen molar-refractivity contribution in [3.63, 3.8) is 0 Å². The van der Waals surface area contributed by atoms with Crippen LogP contribution < -0.4 is 0 Å². The number of amides is 4. The minimum absolute atomic E-state index is 0.00537. The SMILES string of the molecule is CCC.CCC.CCC.CCC.CCC.CCC.CCN1C(=O)c2ccc3c4c(ccc(c24)C1=O)C(=O)N(CC)C3=O.C[N+](=O)[O-].C[N+](=O)[O-].O=C1C=CC(=C2C=CC(=O)C=C2)C=C1.O=C1c2ccccc2-c2ccccc21.[C-]#[N+]C(C#N)=C1c2ccccc2-c2ccccc21. The third kappa shape index (κ3) is 23.3. The highest BCUT2D eigenvalue weighted by molar-refractivity contribution is 6.33. The maximum Gasteiger partial charge on any atom is 0.270 e. The number of carbonyl (C=O) groups excluding carboxylic acids is 7. The number of imide groups is 2. The number of carbonyl (C=O) groups is 7. The second kappa shape index (κ2) is 44.6. The van der Waals surface area contributed by atoms with Gasteiger partial charge in [-0.15, -0.1) is 0 Å². The van der Waals surface area contributed by atoms with Gasteiger partial charge in [-0.05, 0) is 107 Å². The van der Waals surface area contributed by atoms with Crippen LogP contribution in [0.5, 0.6) is 0 Å². The first-order valence-electron chi connectivity index (χ1n) is 32.4. The number of fused-ring (bicyclic) bond motifs is 6. The maximum absolute atomic E-state index is 12.6. The molecule has 504 valence electrons. The number of rotatable bonds is 2. The quantitative estimate of drug-likeness (QED) is 0.0516. The fourth-order valence-electron chi connectivity index (χ4n) is 9.23. The Bertz CT molecular complexity index is 3630. The van der Waals surface area contributed by atoms with Crippen molar-refractivity contribution in [1.29, 1.82) is 5.26 Å². The van der Waals surface area contributed by atoms with E-state index < -0.39 is 33.5 Å². The molecule has 6 aliphatic rings. The third-order valence-corrected chi connectivity index (χ3v) is 12.5. The smallest absolute Gasteiger partial charge is 0.270 e. The first kappa shape index (κ1) is 83.1. The van der Waals surface area contributed by atoms with Crippen molar-refractivity contribution >= 4 is 57.3 Å². The van der Waals surface area contributed by atoms with E-state index in [-0.39, 0.29) is 36.1 Å². The molecule has 0 aromatic heterocycles. The van der Waals surface area contributed by atoms with Gasteiger partial charge >= 0.3 is 0 Å². The zero-order valence-corrected chi connectivity index (χ0v) is 58.5. The average Bonchev–Trinajstić information content (AvgIpc) is 1.03. The van der Waals surface area contributed by atoms with Gasteiger partial charge in [-0.3, -0.25) is 63.6 Å². The molecule has 2 aliphatic heterocycles.